The lowest BCUT2D eigenvalue weighted by Gasteiger charge is -2.30. The third kappa shape index (κ3) is 1.95. The van der Waals surface area contributed by atoms with Crippen LogP contribution in [0, 0.1) is 12.2 Å². The summed E-state index contributed by atoms with van der Waals surface area (Å²) < 4.78 is 21.0. The van der Waals surface area contributed by atoms with Crippen molar-refractivity contribution in [3.8, 4) is 0 Å². The molecule has 2 aliphatic heterocycles. The number of rotatable bonds is 1. The Bertz CT molecular complexity index is 111. The van der Waals surface area contributed by atoms with Gasteiger partial charge in [-0.1, -0.05) is 0 Å². The quantitative estimate of drug-likeness (QED) is 0.579. The van der Waals surface area contributed by atoms with E-state index in [0.717, 1.165) is 19.6 Å². The smallest absolute Gasteiger partial charge is 0.231 e. The number of ether oxygens (including phenoxy) is 4. The molecule has 0 aliphatic carbocycles. The van der Waals surface area contributed by atoms with Crippen LogP contribution in [-0.2, 0) is 18.9 Å². The molecule has 0 aromatic carbocycles. The van der Waals surface area contributed by atoms with E-state index in [4.69, 9.17) is 18.9 Å². The Labute approximate surface area is 71.7 Å². The summed E-state index contributed by atoms with van der Waals surface area (Å²) in [5.41, 5.74) is 0. The number of hydrogen-bond acceptors (Lipinski definition) is 4. The van der Waals surface area contributed by atoms with E-state index in [1.165, 1.54) is 0 Å². The van der Waals surface area contributed by atoms with Crippen LogP contribution in [0.3, 0.4) is 0 Å². The molecule has 0 N–H and O–H groups in total. The Morgan fingerprint density at radius 2 is 1.67 bits per heavy atom. The zero-order valence-electron chi connectivity index (χ0n) is 6.95. The molecule has 2 heterocycles. The molecule has 2 rings (SSSR count). The molecule has 0 bridgehead atoms. The van der Waals surface area contributed by atoms with Crippen molar-refractivity contribution in [2.24, 2.45) is 5.92 Å². The zero-order valence-corrected chi connectivity index (χ0v) is 6.95. The molecule has 0 unspecified atom stereocenters. The normalized spacial score (nSPS) is 29.0. The molecule has 2 aliphatic rings. The molecule has 0 amide bonds. The maximum absolute atomic E-state index is 5.35. The summed E-state index contributed by atoms with van der Waals surface area (Å²) in [7, 11) is 0. The molecule has 4 nitrogen and oxygen atoms in total. The molecular weight excluding hydrogens is 160 g/mol. The molecule has 1 radical (unpaired) electrons. The maximum Gasteiger partial charge on any atom is 0.231 e. The van der Waals surface area contributed by atoms with Gasteiger partial charge in [0.25, 0.3) is 0 Å². The second-order valence-electron chi connectivity index (χ2n) is 2.93. The Morgan fingerprint density at radius 1 is 1.00 bits per heavy atom. The molecule has 2 saturated heterocycles. The summed E-state index contributed by atoms with van der Waals surface area (Å²) in [6, 6.07) is 0. The van der Waals surface area contributed by atoms with E-state index in [0.29, 0.717) is 26.3 Å². The summed E-state index contributed by atoms with van der Waals surface area (Å²) in [5, 5.41) is 0. The SMILES string of the molecule is C1CO[C](C2COCOC2)OC1. The molecule has 69 valence electrons. The monoisotopic (exact) mass is 173 g/mol. The Balaban J connectivity index is 1.80. The van der Waals surface area contributed by atoms with E-state index in [1.54, 1.807) is 0 Å². The first kappa shape index (κ1) is 8.44. The summed E-state index contributed by atoms with van der Waals surface area (Å²) in [6.45, 7) is 3.20. The fourth-order valence-corrected chi connectivity index (χ4v) is 1.31. The first-order chi connectivity index (χ1) is 5.97. The van der Waals surface area contributed by atoms with E-state index in [-0.39, 0.29) is 5.92 Å². The second-order valence-corrected chi connectivity index (χ2v) is 2.93. The van der Waals surface area contributed by atoms with Crippen molar-refractivity contribution < 1.29 is 18.9 Å². The molecule has 12 heavy (non-hydrogen) atoms. The van der Waals surface area contributed by atoms with Gasteiger partial charge in [-0.2, -0.15) is 0 Å². The highest BCUT2D eigenvalue weighted by molar-refractivity contribution is 4.80. The van der Waals surface area contributed by atoms with Crippen molar-refractivity contribution in [3.05, 3.63) is 6.29 Å². The van der Waals surface area contributed by atoms with E-state index in [1.807, 2.05) is 0 Å². The molecule has 0 atom stereocenters. The van der Waals surface area contributed by atoms with Gasteiger partial charge in [-0.15, -0.1) is 0 Å². The van der Waals surface area contributed by atoms with Crippen LogP contribution < -0.4 is 0 Å². The van der Waals surface area contributed by atoms with Crippen molar-refractivity contribution in [2.45, 2.75) is 6.42 Å². The van der Waals surface area contributed by atoms with Crippen LogP contribution in [0.2, 0.25) is 0 Å². The molecule has 0 aromatic rings. The van der Waals surface area contributed by atoms with Crippen LogP contribution in [0.5, 0.6) is 0 Å². The van der Waals surface area contributed by atoms with Gasteiger partial charge >= 0.3 is 0 Å². The van der Waals surface area contributed by atoms with E-state index >= 15 is 0 Å². The highest BCUT2D eigenvalue weighted by Gasteiger charge is 2.29. The highest BCUT2D eigenvalue weighted by atomic mass is 16.7. The second kappa shape index (κ2) is 4.18. The summed E-state index contributed by atoms with van der Waals surface area (Å²) >= 11 is 0. The maximum atomic E-state index is 5.35. The number of hydrogen-bond donors (Lipinski definition) is 0. The van der Waals surface area contributed by atoms with Crippen LogP contribution in [0.25, 0.3) is 0 Å². The van der Waals surface area contributed by atoms with Gasteiger partial charge in [0.2, 0.25) is 6.29 Å². The van der Waals surface area contributed by atoms with E-state index in [9.17, 15) is 0 Å². The van der Waals surface area contributed by atoms with Crippen molar-refractivity contribution in [2.75, 3.05) is 33.2 Å². The van der Waals surface area contributed by atoms with Gasteiger partial charge in [0.1, 0.15) is 6.79 Å². The van der Waals surface area contributed by atoms with Gasteiger partial charge in [-0.3, -0.25) is 0 Å². The van der Waals surface area contributed by atoms with Crippen molar-refractivity contribution >= 4 is 0 Å². The van der Waals surface area contributed by atoms with Crippen molar-refractivity contribution in [3.63, 3.8) is 0 Å². The lowest BCUT2D eigenvalue weighted by Crippen LogP contribution is -2.34. The van der Waals surface area contributed by atoms with Gasteiger partial charge < -0.3 is 18.9 Å². The van der Waals surface area contributed by atoms with Gasteiger partial charge in [0, 0.05) is 0 Å². The average molecular weight is 173 g/mol. The zero-order chi connectivity index (χ0) is 8.23. The molecule has 2 fully saturated rings. The average Bonchev–Trinajstić information content (AvgIpc) is 2.21. The van der Waals surface area contributed by atoms with Gasteiger partial charge in [-0.25, -0.2) is 0 Å². The van der Waals surface area contributed by atoms with Crippen LogP contribution in [0.1, 0.15) is 6.42 Å². The lowest BCUT2D eigenvalue weighted by molar-refractivity contribution is -0.186. The predicted octanol–water partition coefficient (Wildman–Crippen LogP) is 0.533. The topological polar surface area (TPSA) is 36.9 Å². The molecule has 0 spiro atoms. The molecular formula is C8H13O4. The van der Waals surface area contributed by atoms with Crippen LogP contribution >= 0.6 is 0 Å². The predicted molar refractivity (Wildman–Crippen MR) is 40.0 cm³/mol. The Morgan fingerprint density at radius 3 is 2.33 bits per heavy atom. The fourth-order valence-electron chi connectivity index (χ4n) is 1.31. The third-order valence-corrected chi connectivity index (χ3v) is 1.92. The van der Waals surface area contributed by atoms with Gasteiger partial charge in [0.15, 0.2) is 0 Å². The first-order valence-electron chi connectivity index (χ1n) is 4.25. The Kier molecular flexibility index (Phi) is 2.94. The lowest BCUT2D eigenvalue weighted by atomic mass is 10.1. The summed E-state index contributed by atoms with van der Waals surface area (Å²) in [5.74, 6) is 0.166. The largest absolute Gasteiger partial charge is 0.355 e. The standard InChI is InChI=1S/C8H13O4/c1-2-11-8(12-3-1)7-4-9-6-10-5-7/h7H,1-6H2. The van der Waals surface area contributed by atoms with E-state index < -0.39 is 0 Å². The minimum Gasteiger partial charge on any atom is -0.355 e. The van der Waals surface area contributed by atoms with Crippen LogP contribution in [0.15, 0.2) is 0 Å². The highest BCUT2D eigenvalue weighted by Crippen LogP contribution is 2.24. The molecule has 0 aromatic heterocycles. The first-order valence-corrected chi connectivity index (χ1v) is 4.25. The summed E-state index contributed by atoms with van der Waals surface area (Å²) in [4.78, 5) is 0. The van der Waals surface area contributed by atoms with Crippen molar-refractivity contribution in [1.82, 2.24) is 0 Å². The third-order valence-electron chi connectivity index (χ3n) is 1.92. The summed E-state index contributed by atoms with van der Waals surface area (Å²) in [6.07, 6.45) is 1.67. The van der Waals surface area contributed by atoms with Crippen LogP contribution in [-0.4, -0.2) is 33.2 Å². The minimum absolute atomic E-state index is 0.166. The van der Waals surface area contributed by atoms with Gasteiger partial charge in [-0.05, 0) is 6.42 Å². The Hall–Kier alpha value is -0.160. The van der Waals surface area contributed by atoms with Gasteiger partial charge in [0.05, 0.1) is 32.3 Å². The minimum atomic E-state index is 0.166. The van der Waals surface area contributed by atoms with E-state index in [2.05, 4.69) is 0 Å². The van der Waals surface area contributed by atoms with Crippen molar-refractivity contribution in [1.29, 1.82) is 0 Å². The fraction of sp³-hybridized carbons (Fsp3) is 0.875. The molecule has 4 heteroatoms. The molecule has 0 saturated carbocycles. The van der Waals surface area contributed by atoms with Crippen LogP contribution in [0.4, 0.5) is 0 Å².